The highest BCUT2D eigenvalue weighted by molar-refractivity contribution is 5.82. The van der Waals surface area contributed by atoms with Gasteiger partial charge in [-0.15, -0.1) is 4.91 Å². The summed E-state index contributed by atoms with van der Waals surface area (Å²) < 4.78 is 0. The zero-order valence-electron chi connectivity index (χ0n) is 6.02. The molecular weight excluding hydrogens is 160 g/mol. The van der Waals surface area contributed by atoms with Crippen molar-refractivity contribution in [2.75, 3.05) is 5.73 Å². The monoisotopic (exact) mass is 166 g/mol. The molecule has 5 heteroatoms. The third kappa shape index (κ3) is 1.24. The average Bonchev–Trinajstić information content (AvgIpc) is 2.09. The van der Waals surface area contributed by atoms with Gasteiger partial charge in [-0.1, -0.05) is 0 Å². The Hall–Kier alpha value is -1.91. The second-order valence-electron chi connectivity index (χ2n) is 2.19. The van der Waals surface area contributed by atoms with Crippen LogP contribution in [0.1, 0.15) is 10.4 Å². The van der Waals surface area contributed by atoms with E-state index < -0.39 is 5.75 Å². The Morgan fingerprint density at radius 3 is 2.67 bits per heavy atom. The molecule has 1 rings (SSSR count). The van der Waals surface area contributed by atoms with Gasteiger partial charge >= 0.3 is 0 Å². The molecule has 0 unspecified atom stereocenters. The SMILES string of the molecule is Nc1cc(C=O)cc(N=O)c1O. The number of nitrogens with two attached hydrogens (primary N) is 1. The van der Waals surface area contributed by atoms with Gasteiger partial charge in [-0.25, -0.2) is 0 Å². The summed E-state index contributed by atoms with van der Waals surface area (Å²) in [5.41, 5.74) is 5.22. The lowest BCUT2D eigenvalue weighted by Gasteiger charge is -2.00. The predicted octanol–water partition coefficient (Wildman–Crippen LogP) is 1.18. The van der Waals surface area contributed by atoms with Crippen molar-refractivity contribution in [2.45, 2.75) is 0 Å². The number of nitrogens with zero attached hydrogens (tertiary/aromatic N) is 1. The van der Waals surface area contributed by atoms with E-state index in [1.54, 1.807) is 0 Å². The predicted molar refractivity (Wildman–Crippen MR) is 43.4 cm³/mol. The maximum absolute atomic E-state index is 10.3. The summed E-state index contributed by atoms with van der Waals surface area (Å²) in [7, 11) is 0. The topological polar surface area (TPSA) is 92.8 Å². The number of nitroso groups, excluding NO2 is 1. The fourth-order valence-electron chi connectivity index (χ4n) is 0.801. The lowest BCUT2D eigenvalue weighted by molar-refractivity contribution is 0.112. The van der Waals surface area contributed by atoms with Crippen LogP contribution in [0.5, 0.6) is 5.75 Å². The molecule has 0 spiro atoms. The van der Waals surface area contributed by atoms with E-state index >= 15 is 0 Å². The van der Waals surface area contributed by atoms with Gasteiger partial charge in [0.1, 0.15) is 6.29 Å². The van der Waals surface area contributed by atoms with Crippen molar-refractivity contribution < 1.29 is 9.90 Å². The lowest BCUT2D eigenvalue weighted by Crippen LogP contribution is -1.88. The van der Waals surface area contributed by atoms with E-state index in [1.165, 1.54) is 6.07 Å². The number of hydrogen-bond donors (Lipinski definition) is 2. The Balaban J connectivity index is 3.37. The smallest absolute Gasteiger partial charge is 0.168 e. The minimum absolute atomic E-state index is 0.0331. The highest BCUT2D eigenvalue weighted by Crippen LogP contribution is 2.32. The summed E-state index contributed by atoms with van der Waals surface area (Å²) in [5.74, 6) is -0.393. The number of aldehydes is 1. The molecule has 3 N–H and O–H groups in total. The standard InChI is InChI=1S/C7H6N2O3/c8-5-1-4(3-10)2-6(9-12)7(5)11/h1-3,11H,8H2. The maximum atomic E-state index is 10.3. The Labute approximate surface area is 67.8 Å². The fourth-order valence-corrected chi connectivity index (χ4v) is 0.801. The molecule has 0 fully saturated rings. The first-order valence-corrected chi connectivity index (χ1v) is 3.10. The van der Waals surface area contributed by atoms with Crippen LogP contribution in [0.4, 0.5) is 11.4 Å². The molecule has 0 bridgehead atoms. The molecule has 0 saturated heterocycles. The fraction of sp³-hybridized carbons (Fsp3) is 0. The second-order valence-corrected chi connectivity index (χ2v) is 2.19. The molecule has 1 aromatic rings. The summed E-state index contributed by atoms with van der Waals surface area (Å²) in [6, 6.07) is 2.42. The van der Waals surface area contributed by atoms with Crippen molar-refractivity contribution >= 4 is 17.7 Å². The minimum atomic E-state index is -0.393. The largest absolute Gasteiger partial charge is 0.504 e. The van der Waals surface area contributed by atoms with E-state index in [0.29, 0.717) is 6.29 Å². The Bertz CT molecular complexity index is 336. The Morgan fingerprint density at radius 2 is 2.17 bits per heavy atom. The van der Waals surface area contributed by atoms with Crippen LogP contribution in [0.3, 0.4) is 0 Å². The van der Waals surface area contributed by atoms with E-state index in [2.05, 4.69) is 5.18 Å². The van der Waals surface area contributed by atoms with Crippen LogP contribution in [0.15, 0.2) is 17.3 Å². The zero-order chi connectivity index (χ0) is 9.14. The number of hydrogen-bond acceptors (Lipinski definition) is 5. The molecule has 0 aliphatic carbocycles. The van der Waals surface area contributed by atoms with Crippen LogP contribution < -0.4 is 5.73 Å². The van der Waals surface area contributed by atoms with E-state index in [1.807, 2.05) is 0 Å². The molecule has 12 heavy (non-hydrogen) atoms. The van der Waals surface area contributed by atoms with Crippen molar-refractivity contribution in [3.8, 4) is 5.75 Å². The van der Waals surface area contributed by atoms with Gasteiger partial charge in [0, 0.05) is 5.56 Å². The van der Waals surface area contributed by atoms with Gasteiger partial charge in [0.2, 0.25) is 0 Å². The third-order valence-corrected chi connectivity index (χ3v) is 1.38. The molecule has 0 aliphatic heterocycles. The summed E-state index contributed by atoms with van der Waals surface area (Å²) in [6.07, 6.45) is 0.518. The molecule has 0 radical (unpaired) electrons. The number of phenolic OH excluding ortho intramolecular Hbond substituents is 1. The number of anilines is 1. The number of rotatable bonds is 2. The molecule has 0 heterocycles. The molecule has 0 atom stereocenters. The Morgan fingerprint density at radius 1 is 1.50 bits per heavy atom. The van der Waals surface area contributed by atoms with Gasteiger partial charge in [-0.3, -0.25) is 4.79 Å². The zero-order valence-corrected chi connectivity index (χ0v) is 6.02. The minimum Gasteiger partial charge on any atom is -0.504 e. The Kier molecular flexibility index (Phi) is 2.05. The quantitative estimate of drug-likeness (QED) is 0.298. The summed E-state index contributed by atoms with van der Waals surface area (Å²) in [4.78, 5) is 20.3. The number of benzene rings is 1. The molecule has 0 aromatic heterocycles. The van der Waals surface area contributed by atoms with Crippen LogP contribution in [-0.4, -0.2) is 11.4 Å². The van der Waals surface area contributed by atoms with Crippen molar-refractivity contribution in [3.05, 3.63) is 22.6 Å². The number of carbonyl (C=O) groups excluding carboxylic acids is 1. The van der Waals surface area contributed by atoms with Crippen molar-refractivity contribution in [1.82, 2.24) is 0 Å². The highest BCUT2D eigenvalue weighted by atomic mass is 16.3. The van der Waals surface area contributed by atoms with Gasteiger partial charge < -0.3 is 10.8 Å². The average molecular weight is 166 g/mol. The normalized spacial score (nSPS) is 9.33. The van der Waals surface area contributed by atoms with Gasteiger partial charge in [0.25, 0.3) is 0 Å². The van der Waals surface area contributed by atoms with E-state index in [9.17, 15) is 9.70 Å². The molecule has 0 amide bonds. The molecule has 0 aliphatic rings. The molecule has 62 valence electrons. The number of phenols is 1. The molecule has 1 aromatic carbocycles. The van der Waals surface area contributed by atoms with Crippen molar-refractivity contribution in [3.63, 3.8) is 0 Å². The molecule has 0 saturated carbocycles. The second kappa shape index (κ2) is 3.00. The maximum Gasteiger partial charge on any atom is 0.168 e. The molecular formula is C7H6N2O3. The van der Waals surface area contributed by atoms with Gasteiger partial charge in [-0.2, -0.15) is 0 Å². The van der Waals surface area contributed by atoms with E-state index in [-0.39, 0.29) is 16.9 Å². The number of aromatic hydroxyl groups is 1. The van der Waals surface area contributed by atoms with Crippen LogP contribution in [0.25, 0.3) is 0 Å². The summed E-state index contributed by atoms with van der Waals surface area (Å²) in [6.45, 7) is 0. The third-order valence-electron chi connectivity index (χ3n) is 1.38. The van der Waals surface area contributed by atoms with Gasteiger partial charge in [0.15, 0.2) is 11.4 Å². The van der Waals surface area contributed by atoms with Gasteiger partial charge in [0.05, 0.1) is 5.69 Å². The van der Waals surface area contributed by atoms with Crippen LogP contribution in [-0.2, 0) is 0 Å². The van der Waals surface area contributed by atoms with Gasteiger partial charge in [-0.05, 0) is 17.3 Å². The van der Waals surface area contributed by atoms with E-state index in [0.717, 1.165) is 6.07 Å². The lowest BCUT2D eigenvalue weighted by atomic mass is 10.2. The first-order chi connectivity index (χ1) is 5.69. The first kappa shape index (κ1) is 8.19. The van der Waals surface area contributed by atoms with Crippen LogP contribution in [0, 0.1) is 4.91 Å². The number of nitrogen functional groups attached to an aromatic ring is 1. The van der Waals surface area contributed by atoms with E-state index in [4.69, 9.17) is 10.8 Å². The summed E-state index contributed by atoms with van der Waals surface area (Å²) in [5, 5.41) is 11.6. The van der Waals surface area contributed by atoms with Crippen LogP contribution in [0.2, 0.25) is 0 Å². The van der Waals surface area contributed by atoms with Crippen molar-refractivity contribution in [2.24, 2.45) is 5.18 Å². The van der Waals surface area contributed by atoms with Crippen LogP contribution >= 0.6 is 0 Å². The highest BCUT2D eigenvalue weighted by Gasteiger charge is 2.07. The van der Waals surface area contributed by atoms with Crippen molar-refractivity contribution in [1.29, 1.82) is 0 Å². The number of carbonyl (C=O) groups is 1. The first-order valence-electron chi connectivity index (χ1n) is 3.10. The molecule has 5 nitrogen and oxygen atoms in total. The summed E-state index contributed by atoms with van der Waals surface area (Å²) >= 11 is 0.